The second-order valence-corrected chi connectivity index (χ2v) is 4.50. The number of nitrogens with zero attached hydrogens (tertiary/aromatic N) is 3. The first-order chi connectivity index (χ1) is 9.52. The maximum Gasteiger partial charge on any atom is 0.280 e. The number of nitrogens with one attached hydrogen (secondary N) is 1. The lowest BCUT2D eigenvalue weighted by molar-refractivity contribution is -0.0511. The highest BCUT2D eigenvalue weighted by atomic mass is 16.6. The third-order valence-corrected chi connectivity index (χ3v) is 3.24. The molecule has 0 saturated carbocycles. The second-order valence-electron chi connectivity index (χ2n) is 4.50. The molecule has 0 aliphatic carbocycles. The highest BCUT2D eigenvalue weighted by Gasteiger charge is 2.44. The summed E-state index contributed by atoms with van der Waals surface area (Å²) in [4.78, 5) is 21.8. The van der Waals surface area contributed by atoms with E-state index in [4.69, 9.17) is 15.6 Å². The molecule has 10 heteroatoms. The van der Waals surface area contributed by atoms with Crippen molar-refractivity contribution in [3.05, 3.63) is 16.7 Å². The fraction of sp³-hybridized carbons (Fsp3) is 0.500. The maximum absolute atomic E-state index is 11.7. The second kappa shape index (κ2) is 4.52. The quantitative estimate of drug-likeness (QED) is 0.398. The fourth-order valence-electron chi connectivity index (χ4n) is 2.24. The van der Waals surface area contributed by atoms with E-state index < -0.39 is 36.7 Å². The number of aliphatic hydroxyl groups excluding tert-OH is 3. The van der Waals surface area contributed by atoms with Crippen molar-refractivity contribution in [3.8, 4) is 0 Å². The van der Waals surface area contributed by atoms with E-state index in [2.05, 4.69) is 15.0 Å². The van der Waals surface area contributed by atoms with Crippen LogP contribution in [0.3, 0.4) is 0 Å². The minimum atomic E-state index is -1.29. The summed E-state index contributed by atoms with van der Waals surface area (Å²) in [5.41, 5.74) is 5.12. The van der Waals surface area contributed by atoms with Crippen LogP contribution in [0.2, 0.25) is 0 Å². The zero-order valence-corrected chi connectivity index (χ0v) is 10.2. The molecular weight excluding hydrogens is 270 g/mol. The van der Waals surface area contributed by atoms with Crippen molar-refractivity contribution in [2.75, 3.05) is 12.3 Å². The monoisotopic (exact) mass is 283 g/mol. The topological polar surface area (TPSA) is 160 Å². The van der Waals surface area contributed by atoms with E-state index in [0.717, 1.165) is 0 Å². The number of aromatic amines is 1. The Labute approximate surface area is 111 Å². The Morgan fingerprint density at radius 2 is 2.20 bits per heavy atom. The van der Waals surface area contributed by atoms with Crippen LogP contribution in [0.15, 0.2) is 11.1 Å². The molecular formula is C10H13N5O5. The van der Waals surface area contributed by atoms with Crippen LogP contribution < -0.4 is 11.3 Å². The van der Waals surface area contributed by atoms with Crippen LogP contribution in [0, 0.1) is 0 Å². The van der Waals surface area contributed by atoms with Crippen molar-refractivity contribution >= 4 is 17.1 Å². The molecule has 2 aromatic rings. The molecule has 4 atom stereocenters. The summed E-state index contributed by atoms with van der Waals surface area (Å²) in [6, 6.07) is 0. The molecule has 10 nitrogen and oxygen atoms in total. The van der Waals surface area contributed by atoms with Gasteiger partial charge in [0.15, 0.2) is 17.4 Å². The van der Waals surface area contributed by atoms with Crippen LogP contribution in [0.4, 0.5) is 5.95 Å². The Hall–Kier alpha value is -2.01. The molecule has 1 aliphatic rings. The van der Waals surface area contributed by atoms with Gasteiger partial charge in [0.1, 0.15) is 18.3 Å². The summed E-state index contributed by atoms with van der Waals surface area (Å²) in [6.07, 6.45) is -3.21. The molecule has 0 unspecified atom stereocenters. The number of nitrogens with two attached hydrogens (primary N) is 1. The van der Waals surface area contributed by atoms with E-state index in [1.165, 1.54) is 10.9 Å². The molecule has 2 aromatic heterocycles. The minimum Gasteiger partial charge on any atom is -0.394 e. The van der Waals surface area contributed by atoms with Gasteiger partial charge in [-0.05, 0) is 0 Å². The smallest absolute Gasteiger partial charge is 0.280 e. The van der Waals surface area contributed by atoms with Gasteiger partial charge in [-0.1, -0.05) is 0 Å². The van der Waals surface area contributed by atoms with Crippen molar-refractivity contribution in [1.82, 2.24) is 19.5 Å². The third-order valence-electron chi connectivity index (χ3n) is 3.24. The van der Waals surface area contributed by atoms with Gasteiger partial charge in [0.05, 0.1) is 12.9 Å². The maximum atomic E-state index is 11.7. The van der Waals surface area contributed by atoms with E-state index in [-0.39, 0.29) is 17.1 Å². The van der Waals surface area contributed by atoms with Gasteiger partial charge >= 0.3 is 0 Å². The van der Waals surface area contributed by atoms with Gasteiger partial charge in [0, 0.05) is 0 Å². The first-order valence-electron chi connectivity index (χ1n) is 5.87. The van der Waals surface area contributed by atoms with E-state index >= 15 is 0 Å². The van der Waals surface area contributed by atoms with E-state index in [1.807, 2.05) is 0 Å². The van der Waals surface area contributed by atoms with Gasteiger partial charge < -0.3 is 25.8 Å². The fourth-order valence-corrected chi connectivity index (χ4v) is 2.24. The minimum absolute atomic E-state index is 0.0388. The lowest BCUT2D eigenvalue weighted by atomic mass is 10.1. The Bertz CT molecular complexity index is 697. The molecule has 0 radical (unpaired) electrons. The number of hydrogen-bond acceptors (Lipinski definition) is 8. The van der Waals surface area contributed by atoms with Crippen molar-refractivity contribution in [3.63, 3.8) is 0 Å². The van der Waals surface area contributed by atoms with Crippen molar-refractivity contribution < 1.29 is 20.1 Å². The normalized spacial score (nSPS) is 30.1. The third kappa shape index (κ3) is 1.78. The molecule has 0 aromatic carbocycles. The van der Waals surface area contributed by atoms with Crippen LogP contribution in [0.1, 0.15) is 6.23 Å². The van der Waals surface area contributed by atoms with Crippen LogP contribution in [-0.4, -0.2) is 59.8 Å². The largest absolute Gasteiger partial charge is 0.394 e. The Morgan fingerprint density at radius 3 is 2.85 bits per heavy atom. The molecule has 20 heavy (non-hydrogen) atoms. The number of hydrogen-bond donors (Lipinski definition) is 5. The van der Waals surface area contributed by atoms with Crippen molar-refractivity contribution in [2.24, 2.45) is 0 Å². The van der Waals surface area contributed by atoms with Gasteiger partial charge in [-0.2, -0.15) is 4.98 Å². The number of ether oxygens (including phenoxy) is 1. The number of anilines is 1. The average molecular weight is 283 g/mol. The number of H-pyrrole nitrogens is 1. The van der Waals surface area contributed by atoms with Gasteiger partial charge in [-0.3, -0.25) is 14.3 Å². The van der Waals surface area contributed by atoms with E-state index in [0.29, 0.717) is 0 Å². The van der Waals surface area contributed by atoms with Crippen LogP contribution in [-0.2, 0) is 4.74 Å². The zero-order valence-electron chi connectivity index (χ0n) is 10.2. The summed E-state index contributed by atoms with van der Waals surface area (Å²) in [5.74, 6) is -0.101. The van der Waals surface area contributed by atoms with Crippen LogP contribution >= 0.6 is 0 Å². The van der Waals surface area contributed by atoms with Crippen molar-refractivity contribution in [1.29, 1.82) is 0 Å². The van der Waals surface area contributed by atoms with Crippen LogP contribution in [0.5, 0.6) is 0 Å². The lowest BCUT2D eigenvalue weighted by Crippen LogP contribution is -2.33. The summed E-state index contributed by atoms with van der Waals surface area (Å²) in [5, 5.41) is 28.7. The molecule has 1 aliphatic heterocycles. The molecule has 0 amide bonds. The number of nitrogen functional groups attached to an aromatic ring is 1. The Morgan fingerprint density at radius 1 is 1.45 bits per heavy atom. The number of aliphatic hydroxyl groups is 3. The van der Waals surface area contributed by atoms with Gasteiger partial charge in [-0.15, -0.1) is 0 Å². The van der Waals surface area contributed by atoms with Gasteiger partial charge in [-0.25, -0.2) is 4.98 Å². The molecule has 108 valence electrons. The van der Waals surface area contributed by atoms with E-state index in [1.54, 1.807) is 0 Å². The molecule has 1 fully saturated rings. The van der Waals surface area contributed by atoms with Gasteiger partial charge in [0.25, 0.3) is 5.56 Å². The summed E-state index contributed by atoms with van der Waals surface area (Å²) < 4.78 is 6.64. The molecule has 1 saturated heterocycles. The molecule has 3 heterocycles. The first kappa shape index (κ1) is 13.0. The predicted octanol–water partition coefficient (Wildman–Crippen LogP) is -2.69. The number of imidazole rings is 1. The Balaban J connectivity index is 2.09. The lowest BCUT2D eigenvalue weighted by Gasteiger charge is -2.16. The SMILES string of the molecule is Nc1nc2c(ncn2[C@@H]2O[C@H](CO)[C@H](O)[C@@H]2O)c(=O)[nH]1. The van der Waals surface area contributed by atoms with Crippen LogP contribution in [0.25, 0.3) is 11.2 Å². The summed E-state index contributed by atoms with van der Waals surface area (Å²) in [6.45, 7) is -0.447. The van der Waals surface area contributed by atoms with Gasteiger partial charge in [0.2, 0.25) is 5.95 Å². The zero-order chi connectivity index (χ0) is 14.4. The number of fused-ring (bicyclic) bond motifs is 1. The summed E-state index contributed by atoms with van der Waals surface area (Å²) in [7, 11) is 0. The Kier molecular flexibility index (Phi) is 2.94. The van der Waals surface area contributed by atoms with Crippen molar-refractivity contribution in [2.45, 2.75) is 24.5 Å². The molecule has 0 bridgehead atoms. The molecule has 6 N–H and O–H groups in total. The number of aromatic nitrogens is 4. The molecule has 3 rings (SSSR count). The number of rotatable bonds is 2. The van der Waals surface area contributed by atoms with E-state index in [9.17, 15) is 15.0 Å². The summed E-state index contributed by atoms with van der Waals surface area (Å²) >= 11 is 0. The average Bonchev–Trinajstić information content (AvgIpc) is 2.93. The first-order valence-corrected chi connectivity index (χ1v) is 5.87. The highest BCUT2D eigenvalue weighted by Crippen LogP contribution is 2.30. The highest BCUT2D eigenvalue weighted by molar-refractivity contribution is 5.70. The molecule has 0 spiro atoms. The standard InChI is InChI=1S/C10H13N5O5/c11-10-13-7-4(8(19)14-10)12-2-15(7)9-6(18)5(17)3(1-16)20-9/h2-3,5-6,9,16-18H,1H2,(H3,11,13,14,19)/t3-,5+,6+,9-/m1/s1. The predicted molar refractivity (Wildman–Crippen MR) is 65.6 cm³/mol.